The van der Waals surface area contributed by atoms with Crippen LogP contribution in [-0.2, 0) is 4.74 Å². The summed E-state index contributed by atoms with van der Waals surface area (Å²) in [7, 11) is 0. The van der Waals surface area contributed by atoms with Gasteiger partial charge in [-0.2, -0.15) is 0 Å². The number of anilines is 4. The molecule has 0 unspecified atom stereocenters. The number of hydrogen-bond donors (Lipinski definition) is 2. The summed E-state index contributed by atoms with van der Waals surface area (Å²) in [4.78, 5) is 27.3. The van der Waals surface area contributed by atoms with E-state index in [1.807, 2.05) is 25.1 Å². The highest BCUT2D eigenvalue weighted by molar-refractivity contribution is 6.29. The molecule has 0 saturated carbocycles. The lowest BCUT2D eigenvalue weighted by molar-refractivity contribution is 0.102. The fourth-order valence-electron chi connectivity index (χ4n) is 3.10. The lowest BCUT2D eigenvalue weighted by Gasteiger charge is -2.27. The molecule has 9 heteroatoms. The summed E-state index contributed by atoms with van der Waals surface area (Å²) in [6, 6.07) is 10.8. The highest BCUT2D eigenvalue weighted by atomic mass is 35.5. The Hall–Kier alpha value is -3.23. The van der Waals surface area contributed by atoms with Crippen molar-refractivity contribution in [1.29, 1.82) is 0 Å². The first kappa shape index (κ1) is 20.1. The van der Waals surface area contributed by atoms with E-state index in [1.165, 1.54) is 6.33 Å². The smallest absolute Gasteiger partial charge is 0.255 e. The zero-order valence-electron chi connectivity index (χ0n) is 16.4. The molecule has 1 amide bonds. The Kier molecular flexibility index (Phi) is 6.06. The highest BCUT2D eigenvalue weighted by Gasteiger charge is 2.15. The second-order valence-corrected chi connectivity index (χ2v) is 7.22. The van der Waals surface area contributed by atoms with E-state index < -0.39 is 0 Å². The summed E-state index contributed by atoms with van der Waals surface area (Å²) in [5, 5.41) is 6.50. The van der Waals surface area contributed by atoms with Gasteiger partial charge in [0.25, 0.3) is 5.91 Å². The van der Waals surface area contributed by atoms with E-state index >= 15 is 0 Å². The molecule has 1 aromatic carbocycles. The van der Waals surface area contributed by atoms with Gasteiger partial charge in [-0.3, -0.25) is 4.79 Å². The van der Waals surface area contributed by atoms with Crippen molar-refractivity contribution in [3.8, 4) is 0 Å². The van der Waals surface area contributed by atoms with Crippen molar-refractivity contribution in [2.75, 3.05) is 41.8 Å². The highest BCUT2D eigenvalue weighted by Crippen LogP contribution is 2.25. The summed E-state index contributed by atoms with van der Waals surface area (Å²) in [6.07, 6.45) is 3.04. The lowest BCUT2D eigenvalue weighted by Crippen LogP contribution is -2.36. The van der Waals surface area contributed by atoms with E-state index in [1.54, 1.807) is 24.4 Å². The number of nitrogens with zero attached hydrogens (tertiary/aromatic N) is 4. The van der Waals surface area contributed by atoms with Gasteiger partial charge in [0.2, 0.25) is 0 Å². The SMILES string of the molecule is Cc1ccc(NC(=O)c2ccnc(N3CCOCC3)c2)cc1Nc1cc(Cl)ncn1. The third-order valence-electron chi connectivity index (χ3n) is 4.73. The van der Waals surface area contributed by atoms with Crippen LogP contribution in [0.4, 0.5) is 23.0 Å². The number of aryl methyl sites for hydroxylation is 1. The molecule has 0 radical (unpaired) electrons. The normalized spacial score (nSPS) is 13.7. The van der Waals surface area contributed by atoms with Crippen LogP contribution in [0.2, 0.25) is 5.15 Å². The molecule has 1 saturated heterocycles. The van der Waals surface area contributed by atoms with Gasteiger partial charge in [0.15, 0.2) is 0 Å². The van der Waals surface area contributed by atoms with Gasteiger partial charge in [-0.15, -0.1) is 0 Å². The number of pyridine rings is 1. The van der Waals surface area contributed by atoms with Crippen molar-refractivity contribution in [3.63, 3.8) is 0 Å². The van der Waals surface area contributed by atoms with E-state index in [9.17, 15) is 4.79 Å². The number of halogens is 1. The van der Waals surface area contributed by atoms with Gasteiger partial charge < -0.3 is 20.3 Å². The lowest BCUT2D eigenvalue weighted by atomic mass is 10.1. The van der Waals surface area contributed by atoms with Gasteiger partial charge in [0, 0.05) is 42.3 Å². The predicted octanol–water partition coefficient (Wildman–Crippen LogP) is 3.67. The molecule has 0 atom stereocenters. The number of nitrogens with one attached hydrogen (secondary N) is 2. The van der Waals surface area contributed by atoms with E-state index in [0.29, 0.717) is 35.4 Å². The van der Waals surface area contributed by atoms with Crippen LogP contribution in [0.3, 0.4) is 0 Å². The minimum absolute atomic E-state index is 0.202. The third kappa shape index (κ3) is 4.84. The number of hydrogen-bond acceptors (Lipinski definition) is 7. The Morgan fingerprint density at radius 3 is 2.73 bits per heavy atom. The fraction of sp³-hybridized carbons (Fsp3) is 0.238. The largest absolute Gasteiger partial charge is 0.378 e. The molecule has 1 fully saturated rings. The van der Waals surface area contributed by atoms with E-state index in [-0.39, 0.29) is 5.91 Å². The van der Waals surface area contributed by atoms with Crippen molar-refractivity contribution in [2.45, 2.75) is 6.92 Å². The second-order valence-electron chi connectivity index (χ2n) is 6.84. The molecular formula is C21H21ClN6O2. The molecule has 0 bridgehead atoms. The molecule has 1 aliphatic heterocycles. The zero-order chi connectivity index (χ0) is 20.9. The summed E-state index contributed by atoms with van der Waals surface area (Å²) in [6.45, 7) is 4.81. The zero-order valence-corrected chi connectivity index (χ0v) is 17.2. The van der Waals surface area contributed by atoms with Gasteiger partial charge >= 0.3 is 0 Å². The summed E-state index contributed by atoms with van der Waals surface area (Å²) in [5.41, 5.74) is 3.02. The van der Waals surface area contributed by atoms with Gasteiger partial charge in [-0.05, 0) is 36.8 Å². The summed E-state index contributed by atoms with van der Waals surface area (Å²) < 4.78 is 5.38. The minimum atomic E-state index is -0.202. The maximum absolute atomic E-state index is 12.8. The Balaban J connectivity index is 1.49. The van der Waals surface area contributed by atoms with Crippen LogP contribution in [0.15, 0.2) is 48.9 Å². The quantitative estimate of drug-likeness (QED) is 0.603. The maximum atomic E-state index is 12.8. The number of amides is 1. The van der Waals surface area contributed by atoms with Crippen LogP contribution in [0.1, 0.15) is 15.9 Å². The van der Waals surface area contributed by atoms with Crippen molar-refractivity contribution in [3.05, 3.63) is 65.2 Å². The van der Waals surface area contributed by atoms with Crippen LogP contribution in [-0.4, -0.2) is 47.2 Å². The molecule has 3 aromatic rings. The van der Waals surface area contributed by atoms with E-state index in [0.717, 1.165) is 30.2 Å². The van der Waals surface area contributed by atoms with Gasteiger partial charge in [-0.25, -0.2) is 15.0 Å². The first-order chi connectivity index (χ1) is 14.6. The Morgan fingerprint density at radius 2 is 1.93 bits per heavy atom. The molecule has 0 spiro atoms. The van der Waals surface area contributed by atoms with Crippen LogP contribution >= 0.6 is 11.6 Å². The fourth-order valence-corrected chi connectivity index (χ4v) is 3.25. The number of rotatable bonds is 5. The Bertz CT molecular complexity index is 1060. The number of aromatic nitrogens is 3. The molecular weight excluding hydrogens is 404 g/mol. The molecule has 1 aliphatic rings. The molecule has 3 heterocycles. The molecule has 154 valence electrons. The summed E-state index contributed by atoms with van der Waals surface area (Å²) >= 11 is 5.92. The number of benzene rings is 1. The number of carbonyl (C=O) groups is 1. The van der Waals surface area contributed by atoms with Gasteiger partial charge in [0.1, 0.15) is 23.1 Å². The van der Waals surface area contributed by atoms with Crippen molar-refractivity contribution < 1.29 is 9.53 Å². The first-order valence-electron chi connectivity index (χ1n) is 9.54. The standard InChI is InChI=1S/C21H21ClN6O2/c1-14-2-3-16(11-17(14)27-19-12-18(22)24-13-25-19)26-21(29)15-4-5-23-20(10-15)28-6-8-30-9-7-28/h2-5,10-13H,6-9H2,1H3,(H,26,29)(H,24,25,27). The predicted molar refractivity (Wildman–Crippen MR) is 117 cm³/mol. The minimum Gasteiger partial charge on any atom is -0.378 e. The van der Waals surface area contributed by atoms with Crippen molar-refractivity contribution in [2.24, 2.45) is 0 Å². The summed E-state index contributed by atoms with van der Waals surface area (Å²) in [5.74, 6) is 1.15. The van der Waals surface area contributed by atoms with Crippen LogP contribution in [0.25, 0.3) is 0 Å². The van der Waals surface area contributed by atoms with E-state index in [4.69, 9.17) is 16.3 Å². The molecule has 8 nitrogen and oxygen atoms in total. The Morgan fingerprint density at radius 1 is 1.10 bits per heavy atom. The molecule has 30 heavy (non-hydrogen) atoms. The number of carbonyl (C=O) groups excluding carboxylic acids is 1. The number of ether oxygens (including phenoxy) is 1. The maximum Gasteiger partial charge on any atom is 0.255 e. The molecule has 0 aliphatic carbocycles. The monoisotopic (exact) mass is 424 g/mol. The average Bonchev–Trinajstić information content (AvgIpc) is 2.77. The topological polar surface area (TPSA) is 92.3 Å². The van der Waals surface area contributed by atoms with Crippen molar-refractivity contribution >= 4 is 40.5 Å². The Labute approximate surface area is 179 Å². The van der Waals surface area contributed by atoms with Crippen molar-refractivity contribution in [1.82, 2.24) is 15.0 Å². The average molecular weight is 425 g/mol. The van der Waals surface area contributed by atoms with Gasteiger partial charge in [-0.1, -0.05) is 17.7 Å². The molecule has 4 rings (SSSR count). The van der Waals surface area contributed by atoms with Crippen LogP contribution in [0, 0.1) is 6.92 Å². The first-order valence-corrected chi connectivity index (χ1v) is 9.91. The molecule has 2 N–H and O–H groups in total. The second kappa shape index (κ2) is 9.06. The number of morpholine rings is 1. The third-order valence-corrected chi connectivity index (χ3v) is 4.94. The van der Waals surface area contributed by atoms with Crippen LogP contribution in [0.5, 0.6) is 0 Å². The van der Waals surface area contributed by atoms with E-state index in [2.05, 4.69) is 30.5 Å². The van der Waals surface area contributed by atoms with Gasteiger partial charge in [0.05, 0.1) is 13.2 Å². The molecule has 2 aromatic heterocycles. The van der Waals surface area contributed by atoms with Crippen LogP contribution < -0.4 is 15.5 Å².